The van der Waals surface area contributed by atoms with Crippen LogP contribution in [-0.4, -0.2) is 22.4 Å². The van der Waals surface area contributed by atoms with Crippen molar-refractivity contribution in [2.75, 3.05) is 11.4 Å². The molecule has 4 nitrogen and oxygen atoms in total. The molecule has 0 aliphatic heterocycles. The first-order valence-electron chi connectivity index (χ1n) is 9.30. The van der Waals surface area contributed by atoms with Crippen LogP contribution in [-0.2, 0) is 5.41 Å². The van der Waals surface area contributed by atoms with Gasteiger partial charge in [-0.2, -0.15) is 0 Å². The number of amides is 1. The van der Waals surface area contributed by atoms with Gasteiger partial charge in [-0.3, -0.25) is 4.79 Å². The number of hydrogen-bond acceptors (Lipinski definition) is 4. The van der Waals surface area contributed by atoms with Crippen molar-refractivity contribution >= 4 is 33.1 Å². The van der Waals surface area contributed by atoms with Crippen LogP contribution < -0.4 is 4.90 Å². The SMILES string of the molecule is CCN(C(=O)c1sc2nc(C(C)(C)C)nc(C)c2c1C)c1ccccc1C. The first-order chi connectivity index (χ1) is 12.6. The molecular formula is C22H27N3OS. The summed E-state index contributed by atoms with van der Waals surface area (Å²) in [4.78, 5) is 26.4. The van der Waals surface area contributed by atoms with Crippen molar-refractivity contribution in [3.05, 3.63) is 51.8 Å². The maximum atomic E-state index is 13.4. The lowest BCUT2D eigenvalue weighted by Crippen LogP contribution is -2.31. The van der Waals surface area contributed by atoms with Crippen LogP contribution in [0.25, 0.3) is 10.2 Å². The lowest BCUT2D eigenvalue weighted by Gasteiger charge is -2.22. The lowest BCUT2D eigenvalue weighted by atomic mass is 9.95. The number of thiophene rings is 1. The maximum absolute atomic E-state index is 13.4. The van der Waals surface area contributed by atoms with Crippen LogP contribution >= 0.6 is 11.3 Å². The minimum Gasteiger partial charge on any atom is -0.308 e. The number of para-hydroxylation sites is 1. The minimum absolute atomic E-state index is 0.0315. The molecule has 27 heavy (non-hydrogen) atoms. The smallest absolute Gasteiger partial charge is 0.268 e. The van der Waals surface area contributed by atoms with Crippen molar-refractivity contribution in [3.8, 4) is 0 Å². The second kappa shape index (κ2) is 7.04. The number of anilines is 1. The van der Waals surface area contributed by atoms with Crippen LogP contribution in [0.3, 0.4) is 0 Å². The molecule has 0 N–H and O–H groups in total. The maximum Gasteiger partial charge on any atom is 0.268 e. The summed E-state index contributed by atoms with van der Waals surface area (Å²) in [7, 11) is 0. The summed E-state index contributed by atoms with van der Waals surface area (Å²) in [5, 5.41) is 1.01. The molecule has 2 aromatic heterocycles. The van der Waals surface area contributed by atoms with E-state index >= 15 is 0 Å². The average molecular weight is 382 g/mol. The van der Waals surface area contributed by atoms with E-state index in [1.807, 2.05) is 56.9 Å². The molecule has 0 fully saturated rings. The van der Waals surface area contributed by atoms with E-state index in [9.17, 15) is 4.79 Å². The molecule has 0 saturated carbocycles. The monoisotopic (exact) mass is 381 g/mol. The Bertz CT molecular complexity index is 1010. The highest BCUT2D eigenvalue weighted by Crippen LogP contribution is 2.35. The third kappa shape index (κ3) is 3.48. The zero-order valence-electron chi connectivity index (χ0n) is 17.2. The molecule has 0 saturated heterocycles. The van der Waals surface area contributed by atoms with Gasteiger partial charge in [0.05, 0.1) is 10.6 Å². The van der Waals surface area contributed by atoms with Crippen LogP contribution in [0.1, 0.15) is 60.0 Å². The lowest BCUT2D eigenvalue weighted by molar-refractivity contribution is 0.0991. The van der Waals surface area contributed by atoms with Gasteiger partial charge in [0.25, 0.3) is 5.91 Å². The molecule has 5 heteroatoms. The van der Waals surface area contributed by atoms with E-state index < -0.39 is 0 Å². The Hall–Kier alpha value is -2.27. The number of rotatable bonds is 3. The molecule has 0 aliphatic carbocycles. The van der Waals surface area contributed by atoms with Crippen LogP contribution in [0.15, 0.2) is 24.3 Å². The van der Waals surface area contributed by atoms with Crippen molar-refractivity contribution < 1.29 is 4.79 Å². The summed E-state index contributed by atoms with van der Waals surface area (Å²) in [6.07, 6.45) is 0. The summed E-state index contributed by atoms with van der Waals surface area (Å²) in [5.41, 5.74) is 3.84. The second-order valence-electron chi connectivity index (χ2n) is 7.95. The van der Waals surface area contributed by atoms with Crippen molar-refractivity contribution in [3.63, 3.8) is 0 Å². The van der Waals surface area contributed by atoms with Crippen LogP contribution in [0.5, 0.6) is 0 Å². The highest BCUT2D eigenvalue weighted by atomic mass is 32.1. The van der Waals surface area contributed by atoms with Crippen molar-refractivity contribution in [1.29, 1.82) is 0 Å². The second-order valence-corrected chi connectivity index (χ2v) is 8.95. The molecule has 0 spiro atoms. The van der Waals surface area contributed by atoms with Gasteiger partial charge in [0.15, 0.2) is 0 Å². The van der Waals surface area contributed by atoms with Crippen LogP contribution in [0.2, 0.25) is 0 Å². The Morgan fingerprint density at radius 1 is 1.11 bits per heavy atom. The van der Waals surface area contributed by atoms with Gasteiger partial charge in [-0.25, -0.2) is 9.97 Å². The predicted molar refractivity (Wildman–Crippen MR) is 114 cm³/mol. The van der Waals surface area contributed by atoms with Crippen molar-refractivity contribution in [1.82, 2.24) is 9.97 Å². The van der Waals surface area contributed by atoms with Gasteiger partial charge in [0.1, 0.15) is 10.7 Å². The number of carbonyl (C=O) groups excluding carboxylic acids is 1. The highest BCUT2D eigenvalue weighted by Gasteiger charge is 2.26. The Morgan fingerprint density at radius 3 is 2.37 bits per heavy atom. The van der Waals surface area contributed by atoms with E-state index in [0.717, 1.165) is 43.4 Å². The molecule has 3 rings (SSSR count). The van der Waals surface area contributed by atoms with Crippen LogP contribution in [0, 0.1) is 20.8 Å². The predicted octanol–water partition coefficient (Wildman–Crippen LogP) is 5.58. The number of aryl methyl sites for hydroxylation is 3. The molecular weight excluding hydrogens is 354 g/mol. The van der Waals surface area contributed by atoms with E-state index in [1.54, 1.807) is 0 Å². The van der Waals surface area contributed by atoms with E-state index in [1.165, 1.54) is 11.3 Å². The molecule has 3 aromatic rings. The number of hydrogen-bond donors (Lipinski definition) is 0. The first kappa shape index (κ1) is 19.5. The average Bonchev–Trinajstić information content (AvgIpc) is 2.93. The number of aromatic nitrogens is 2. The quantitative estimate of drug-likeness (QED) is 0.595. The normalized spacial score (nSPS) is 11.8. The van der Waals surface area contributed by atoms with Gasteiger partial charge in [-0.15, -0.1) is 11.3 Å². The van der Waals surface area contributed by atoms with Gasteiger partial charge in [0.2, 0.25) is 0 Å². The van der Waals surface area contributed by atoms with E-state index in [0.29, 0.717) is 6.54 Å². The zero-order valence-corrected chi connectivity index (χ0v) is 18.0. The van der Waals surface area contributed by atoms with Crippen LogP contribution in [0.4, 0.5) is 5.69 Å². The molecule has 1 amide bonds. The topological polar surface area (TPSA) is 46.1 Å². The molecule has 0 unspecified atom stereocenters. The Balaban J connectivity index is 2.13. The summed E-state index contributed by atoms with van der Waals surface area (Å²) in [6.45, 7) is 15.0. The molecule has 142 valence electrons. The van der Waals surface area contributed by atoms with E-state index in [4.69, 9.17) is 9.97 Å². The Kier molecular flexibility index (Phi) is 5.08. The summed E-state index contributed by atoms with van der Waals surface area (Å²) in [6, 6.07) is 8.01. The van der Waals surface area contributed by atoms with Crippen molar-refractivity contribution in [2.24, 2.45) is 0 Å². The zero-order chi connectivity index (χ0) is 19.9. The third-order valence-corrected chi connectivity index (χ3v) is 5.98. The standard InChI is InChI=1S/C22H27N3OS/c1-8-25(16-12-10-9-11-13(16)2)20(26)18-14(3)17-15(4)23-21(22(5,6)7)24-19(17)27-18/h9-12H,8H2,1-7H3. The molecule has 2 heterocycles. The summed E-state index contributed by atoms with van der Waals surface area (Å²) in [5.74, 6) is 0.850. The molecule has 1 aromatic carbocycles. The minimum atomic E-state index is -0.127. The molecule has 0 atom stereocenters. The Labute approximate surface area is 165 Å². The van der Waals surface area contributed by atoms with E-state index in [-0.39, 0.29) is 11.3 Å². The fraction of sp³-hybridized carbons (Fsp3) is 0.409. The number of nitrogens with zero attached hydrogens (tertiary/aromatic N) is 3. The number of carbonyl (C=O) groups is 1. The molecule has 0 radical (unpaired) electrons. The summed E-state index contributed by atoms with van der Waals surface area (Å²) >= 11 is 1.48. The molecule has 0 aliphatic rings. The van der Waals surface area contributed by atoms with Crippen molar-refractivity contribution in [2.45, 2.75) is 53.9 Å². The highest BCUT2D eigenvalue weighted by molar-refractivity contribution is 7.20. The summed E-state index contributed by atoms with van der Waals surface area (Å²) < 4.78 is 0. The van der Waals surface area contributed by atoms with Gasteiger partial charge in [0, 0.05) is 23.0 Å². The van der Waals surface area contributed by atoms with Gasteiger partial charge >= 0.3 is 0 Å². The van der Waals surface area contributed by atoms with Gasteiger partial charge in [-0.05, 0) is 44.9 Å². The third-order valence-electron chi connectivity index (χ3n) is 4.80. The van der Waals surface area contributed by atoms with E-state index in [2.05, 4.69) is 20.8 Å². The molecule has 0 bridgehead atoms. The fourth-order valence-corrected chi connectivity index (χ4v) is 4.47. The van der Waals surface area contributed by atoms with Gasteiger partial charge < -0.3 is 4.90 Å². The van der Waals surface area contributed by atoms with Gasteiger partial charge in [-0.1, -0.05) is 39.0 Å². The first-order valence-corrected chi connectivity index (χ1v) is 10.1. The largest absolute Gasteiger partial charge is 0.308 e. The number of benzene rings is 1. The fourth-order valence-electron chi connectivity index (χ4n) is 3.29. The Morgan fingerprint density at radius 2 is 1.78 bits per heavy atom. The number of fused-ring (bicyclic) bond motifs is 1.